The molecule has 7 heteroatoms. The van der Waals surface area contributed by atoms with Crippen molar-refractivity contribution in [2.45, 2.75) is 19.6 Å². The molecule has 0 fully saturated rings. The van der Waals surface area contributed by atoms with E-state index >= 15 is 0 Å². The minimum atomic E-state index is -4.45. The summed E-state index contributed by atoms with van der Waals surface area (Å²) in [7, 11) is 0. The summed E-state index contributed by atoms with van der Waals surface area (Å²) in [6.07, 6.45) is -1.65. The molecule has 18 heavy (non-hydrogen) atoms. The molecule has 0 aliphatic carbocycles. The van der Waals surface area contributed by atoms with Crippen molar-refractivity contribution in [1.29, 1.82) is 0 Å². The van der Waals surface area contributed by atoms with E-state index in [1.165, 1.54) is 10.9 Å². The lowest BCUT2D eigenvalue weighted by atomic mass is 10.2. The van der Waals surface area contributed by atoms with Gasteiger partial charge in [0.1, 0.15) is 0 Å². The Morgan fingerprint density at radius 3 is 2.67 bits per heavy atom. The van der Waals surface area contributed by atoms with E-state index in [1.54, 1.807) is 19.2 Å². The van der Waals surface area contributed by atoms with Crippen LogP contribution in [0.3, 0.4) is 0 Å². The molecular formula is C11H11F3N4. The molecule has 0 saturated carbocycles. The van der Waals surface area contributed by atoms with Crippen LogP contribution in [0.2, 0.25) is 0 Å². The molecule has 0 amide bonds. The molecule has 0 spiro atoms. The van der Waals surface area contributed by atoms with E-state index in [4.69, 9.17) is 5.73 Å². The first kappa shape index (κ1) is 12.6. The number of hydrogen-bond acceptors (Lipinski definition) is 3. The SMILES string of the molecule is Cc1cc(-n2ccc(C(F)(F)F)n2)c(CN)cn1. The maximum absolute atomic E-state index is 12.5. The highest BCUT2D eigenvalue weighted by Crippen LogP contribution is 2.28. The molecular weight excluding hydrogens is 245 g/mol. The third-order valence-corrected chi connectivity index (χ3v) is 2.44. The van der Waals surface area contributed by atoms with Crippen molar-refractivity contribution in [3.8, 4) is 5.69 Å². The lowest BCUT2D eigenvalue weighted by molar-refractivity contribution is -0.141. The number of aromatic nitrogens is 3. The smallest absolute Gasteiger partial charge is 0.326 e. The number of alkyl halides is 3. The highest BCUT2D eigenvalue weighted by atomic mass is 19.4. The fraction of sp³-hybridized carbons (Fsp3) is 0.273. The predicted molar refractivity (Wildman–Crippen MR) is 59.0 cm³/mol. The van der Waals surface area contributed by atoms with Crippen molar-refractivity contribution in [2.24, 2.45) is 5.73 Å². The predicted octanol–water partition coefficient (Wildman–Crippen LogP) is 2.05. The number of nitrogens with two attached hydrogens (primary N) is 1. The van der Waals surface area contributed by atoms with Crippen LogP contribution >= 0.6 is 0 Å². The zero-order valence-electron chi connectivity index (χ0n) is 9.57. The number of halogens is 3. The first-order valence-electron chi connectivity index (χ1n) is 5.20. The van der Waals surface area contributed by atoms with Gasteiger partial charge in [-0.2, -0.15) is 18.3 Å². The van der Waals surface area contributed by atoms with Crippen LogP contribution in [-0.4, -0.2) is 14.8 Å². The van der Waals surface area contributed by atoms with E-state index in [9.17, 15) is 13.2 Å². The largest absolute Gasteiger partial charge is 0.435 e. The Balaban J connectivity index is 2.49. The zero-order valence-corrected chi connectivity index (χ0v) is 9.57. The number of rotatable bonds is 2. The number of aryl methyl sites for hydroxylation is 1. The van der Waals surface area contributed by atoms with Gasteiger partial charge in [0.05, 0.1) is 5.69 Å². The number of hydrogen-bond donors (Lipinski definition) is 1. The Hall–Kier alpha value is -1.89. The molecule has 0 atom stereocenters. The summed E-state index contributed by atoms with van der Waals surface area (Å²) < 4.78 is 38.6. The Bertz CT molecular complexity index is 560. The van der Waals surface area contributed by atoms with Gasteiger partial charge in [0.15, 0.2) is 5.69 Å². The van der Waals surface area contributed by atoms with Crippen LogP contribution in [0.25, 0.3) is 5.69 Å². The topological polar surface area (TPSA) is 56.7 Å². The van der Waals surface area contributed by atoms with Crippen LogP contribution in [0.15, 0.2) is 24.5 Å². The third kappa shape index (κ3) is 2.35. The van der Waals surface area contributed by atoms with Gasteiger partial charge in [-0.05, 0) is 19.1 Å². The maximum atomic E-state index is 12.5. The van der Waals surface area contributed by atoms with Gasteiger partial charge >= 0.3 is 6.18 Å². The Kier molecular flexibility index (Phi) is 3.08. The van der Waals surface area contributed by atoms with E-state index in [0.717, 1.165) is 6.07 Å². The van der Waals surface area contributed by atoms with Gasteiger partial charge in [-0.25, -0.2) is 4.68 Å². The van der Waals surface area contributed by atoms with Crippen LogP contribution in [-0.2, 0) is 12.7 Å². The molecule has 4 nitrogen and oxygen atoms in total. The average molecular weight is 256 g/mol. The monoisotopic (exact) mass is 256 g/mol. The summed E-state index contributed by atoms with van der Waals surface area (Å²) in [6.45, 7) is 1.93. The van der Waals surface area contributed by atoms with Gasteiger partial charge in [0.25, 0.3) is 0 Å². The van der Waals surface area contributed by atoms with Crippen molar-refractivity contribution < 1.29 is 13.2 Å². The van der Waals surface area contributed by atoms with Gasteiger partial charge in [-0.3, -0.25) is 4.98 Å². The summed E-state index contributed by atoms with van der Waals surface area (Å²) in [5.74, 6) is 0. The minimum absolute atomic E-state index is 0.184. The summed E-state index contributed by atoms with van der Waals surface area (Å²) in [4.78, 5) is 4.05. The summed E-state index contributed by atoms with van der Waals surface area (Å²) >= 11 is 0. The molecule has 0 saturated heterocycles. The first-order chi connectivity index (χ1) is 8.41. The molecule has 0 unspecified atom stereocenters. The van der Waals surface area contributed by atoms with Gasteiger partial charge < -0.3 is 5.73 Å². The van der Waals surface area contributed by atoms with Crippen LogP contribution in [0, 0.1) is 6.92 Å². The van der Waals surface area contributed by atoms with Crippen LogP contribution < -0.4 is 5.73 Å². The van der Waals surface area contributed by atoms with Gasteiger partial charge in [0.2, 0.25) is 0 Å². The van der Waals surface area contributed by atoms with Crippen molar-refractivity contribution in [3.05, 3.63) is 41.5 Å². The third-order valence-electron chi connectivity index (χ3n) is 2.44. The molecule has 0 bridgehead atoms. The second-order valence-electron chi connectivity index (χ2n) is 3.80. The van der Waals surface area contributed by atoms with Crippen molar-refractivity contribution in [2.75, 3.05) is 0 Å². The molecule has 96 valence electrons. The molecule has 0 aliphatic heterocycles. The average Bonchev–Trinajstić information content (AvgIpc) is 2.77. The van der Waals surface area contributed by atoms with E-state index in [-0.39, 0.29) is 6.54 Å². The van der Waals surface area contributed by atoms with Gasteiger partial charge in [-0.15, -0.1) is 0 Å². The van der Waals surface area contributed by atoms with Crippen molar-refractivity contribution >= 4 is 0 Å². The van der Waals surface area contributed by atoms with Gasteiger partial charge in [-0.1, -0.05) is 0 Å². The molecule has 2 rings (SSSR count). The maximum Gasteiger partial charge on any atom is 0.435 e. The number of pyridine rings is 1. The van der Waals surface area contributed by atoms with Crippen molar-refractivity contribution in [1.82, 2.24) is 14.8 Å². The summed E-state index contributed by atoms with van der Waals surface area (Å²) in [5.41, 5.74) is 6.43. The zero-order chi connectivity index (χ0) is 13.3. The Labute approximate surface area is 101 Å². The van der Waals surface area contributed by atoms with Crippen molar-refractivity contribution in [3.63, 3.8) is 0 Å². The fourth-order valence-electron chi connectivity index (χ4n) is 1.55. The fourth-order valence-corrected chi connectivity index (χ4v) is 1.55. The second-order valence-corrected chi connectivity index (χ2v) is 3.80. The quantitative estimate of drug-likeness (QED) is 0.894. The molecule has 0 aromatic carbocycles. The summed E-state index contributed by atoms with van der Waals surface area (Å²) in [5, 5.41) is 3.51. The molecule has 2 heterocycles. The van der Waals surface area contributed by atoms with Crippen LogP contribution in [0.5, 0.6) is 0 Å². The van der Waals surface area contributed by atoms with E-state index in [0.29, 0.717) is 16.9 Å². The van der Waals surface area contributed by atoms with E-state index in [2.05, 4.69) is 10.1 Å². The molecule has 2 aromatic heterocycles. The Morgan fingerprint density at radius 1 is 1.39 bits per heavy atom. The Morgan fingerprint density at radius 2 is 2.11 bits per heavy atom. The molecule has 0 aliphatic rings. The minimum Gasteiger partial charge on any atom is -0.326 e. The van der Waals surface area contributed by atoms with E-state index < -0.39 is 11.9 Å². The highest BCUT2D eigenvalue weighted by Gasteiger charge is 2.33. The first-order valence-corrected chi connectivity index (χ1v) is 5.20. The molecule has 0 radical (unpaired) electrons. The normalized spacial score (nSPS) is 11.8. The lowest BCUT2D eigenvalue weighted by Gasteiger charge is -2.08. The highest BCUT2D eigenvalue weighted by molar-refractivity contribution is 5.40. The lowest BCUT2D eigenvalue weighted by Crippen LogP contribution is -2.10. The molecule has 2 N–H and O–H groups in total. The van der Waals surface area contributed by atoms with E-state index in [1.807, 2.05) is 0 Å². The van der Waals surface area contributed by atoms with Gasteiger partial charge in [0, 0.05) is 30.2 Å². The summed E-state index contributed by atoms with van der Waals surface area (Å²) in [6, 6.07) is 2.57. The second kappa shape index (κ2) is 4.41. The van der Waals surface area contributed by atoms with Crippen LogP contribution in [0.4, 0.5) is 13.2 Å². The molecule has 2 aromatic rings. The van der Waals surface area contributed by atoms with Crippen LogP contribution in [0.1, 0.15) is 17.0 Å². The standard InChI is InChI=1S/C11H11F3N4/c1-7-4-9(8(5-15)6-16-7)18-3-2-10(17-18)11(12,13)14/h2-4,6H,5,15H2,1H3. The number of nitrogens with zero attached hydrogens (tertiary/aromatic N) is 3.